The van der Waals surface area contributed by atoms with Gasteiger partial charge in [0.15, 0.2) is 0 Å². The zero-order valence-electron chi connectivity index (χ0n) is 14.4. The molecule has 6 heteroatoms. The van der Waals surface area contributed by atoms with Gasteiger partial charge >= 0.3 is 0 Å². The van der Waals surface area contributed by atoms with Crippen LogP contribution in [0.15, 0.2) is 12.4 Å². The van der Waals surface area contributed by atoms with Gasteiger partial charge in [-0.2, -0.15) is 0 Å². The molecule has 2 fully saturated rings. The van der Waals surface area contributed by atoms with Crippen LogP contribution in [0, 0.1) is 5.92 Å². The van der Waals surface area contributed by atoms with Crippen LogP contribution in [-0.4, -0.2) is 64.1 Å². The number of amides is 1. The van der Waals surface area contributed by atoms with Crippen LogP contribution < -0.4 is 0 Å². The van der Waals surface area contributed by atoms with Crippen molar-refractivity contribution in [1.29, 1.82) is 0 Å². The normalized spacial score (nSPS) is 24.0. The number of hydrogen-bond acceptors (Lipinski definition) is 4. The molecule has 23 heavy (non-hydrogen) atoms. The first-order valence-electron chi connectivity index (χ1n) is 8.71. The van der Waals surface area contributed by atoms with E-state index in [1.54, 1.807) is 0 Å². The molecule has 0 bridgehead atoms. The molecular weight excluding hydrogens is 292 g/mol. The molecular formula is C17H28N4O2. The monoisotopic (exact) mass is 320 g/mol. The van der Waals surface area contributed by atoms with Crippen LogP contribution in [0.4, 0.5) is 0 Å². The zero-order valence-corrected chi connectivity index (χ0v) is 14.4. The number of imidazole rings is 1. The van der Waals surface area contributed by atoms with Gasteiger partial charge in [-0.1, -0.05) is 6.92 Å². The Hall–Kier alpha value is -1.40. The van der Waals surface area contributed by atoms with Crippen molar-refractivity contribution in [3.63, 3.8) is 0 Å². The van der Waals surface area contributed by atoms with Crippen molar-refractivity contribution in [2.75, 3.05) is 32.8 Å². The summed E-state index contributed by atoms with van der Waals surface area (Å²) in [4.78, 5) is 21.5. The van der Waals surface area contributed by atoms with Crippen molar-refractivity contribution in [1.82, 2.24) is 19.4 Å². The summed E-state index contributed by atoms with van der Waals surface area (Å²) in [5.74, 6) is 1.82. The standard InChI is InChI=1S/C17H28N4O2/c1-4-20-9-10-21(11-15(20)16-18-7-8-19(16)3)17(22)13(2)23-12-14-5-6-14/h7-8,13-15H,4-6,9-12H2,1-3H3/t13-,15+/m1/s1. The molecule has 2 aliphatic rings. The Morgan fingerprint density at radius 3 is 2.83 bits per heavy atom. The van der Waals surface area contributed by atoms with Gasteiger partial charge in [-0.25, -0.2) is 4.98 Å². The molecule has 3 rings (SSSR count). The first-order valence-corrected chi connectivity index (χ1v) is 8.71. The second-order valence-electron chi connectivity index (χ2n) is 6.74. The highest BCUT2D eigenvalue weighted by Crippen LogP contribution is 2.29. The largest absolute Gasteiger partial charge is 0.368 e. The Bertz CT molecular complexity index is 540. The van der Waals surface area contributed by atoms with E-state index >= 15 is 0 Å². The van der Waals surface area contributed by atoms with Crippen molar-refractivity contribution >= 4 is 5.91 Å². The average molecular weight is 320 g/mol. The number of hydrogen-bond donors (Lipinski definition) is 0. The number of likely N-dealkylation sites (N-methyl/N-ethyl adjacent to an activating group) is 1. The Balaban J connectivity index is 1.64. The molecule has 2 heterocycles. The second-order valence-corrected chi connectivity index (χ2v) is 6.74. The van der Waals surface area contributed by atoms with Gasteiger partial charge in [0.25, 0.3) is 5.91 Å². The Labute approximate surface area is 138 Å². The summed E-state index contributed by atoms with van der Waals surface area (Å²) in [5.41, 5.74) is 0. The average Bonchev–Trinajstić information content (AvgIpc) is 3.31. The summed E-state index contributed by atoms with van der Waals surface area (Å²) >= 11 is 0. The van der Waals surface area contributed by atoms with E-state index in [-0.39, 0.29) is 18.1 Å². The summed E-state index contributed by atoms with van der Waals surface area (Å²) in [7, 11) is 2.01. The number of carbonyl (C=O) groups excluding carboxylic acids is 1. The molecule has 1 saturated heterocycles. The minimum absolute atomic E-state index is 0.112. The van der Waals surface area contributed by atoms with E-state index in [0.29, 0.717) is 12.5 Å². The maximum atomic E-state index is 12.7. The number of ether oxygens (including phenoxy) is 1. The number of aryl methyl sites for hydroxylation is 1. The first-order chi connectivity index (χ1) is 11.1. The van der Waals surface area contributed by atoms with E-state index in [9.17, 15) is 4.79 Å². The minimum Gasteiger partial charge on any atom is -0.368 e. The third kappa shape index (κ3) is 3.75. The van der Waals surface area contributed by atoms with Gasteiger partial charge < -0.3 is 14.2 Å². The molecule has 1 aliphatic heterocycles. The Kier molecular flexibility index (Phi) is 5.02. The molecule has 1 aromatic heterocycles. The summed E-state index contributed by atoms with van der Waals surface area (Å²) in [6.45, 7) is 8.08. The van der Waals surface area contributed by atoms with Gasteiger partial charge in [-0.05, 0) is 32.2 Å². The first kappa shape index (κ1) is 16.5. The zero-order chi connectivity index (χ0) is 16.4. The van der Waals surface area contributed by atoms with Gasteiger partial charge in [0.05, 0.1) is 12.6 Å². The van der Waals surface area contributed by atoms with Crippen LogP contribution in [0.3, 0.4) is 0 Å². The van der Waals surface area contributed by atoms with Gasteiger partial charge in [-0.3, -0.25) is 9.69 Å². The van der Waals surface area contributed by atoms with Crippen LogP contribution in [-0.2, 0) is 16.6 Å². The second kappa shape index (κ2) is 7.01. The molecule has 1 aliphatic carbocycles. The van der Waals surface area contributed by atoms with Crippen LogP contribution >= 0.6 is 0 Å². The van der Waals surface area contributed by atoms with Crippen LogP contribution in [0.25, 0.3) is 0 Å². The maximum absolute atomic E-state index is 12.7. The summed E-state index contributed by atoms with van der Waals surface area (Å²) in [5, 5.41) is 0. The van der Waals surface area contributed by atoms with Crippen molar-refractivity contribution in [3.8, 4) is 0 Å². The molecule has 1 amide bonds. The third-order valence-electron chi connectivity index (χ3n) is 4.99. The predicted octanol–water partition coefficient (Wildman–Crippen LogP) is 1.44. The highest BCUT2D eigenvalue weighted by molar-refractivity contribution is 5.80. The smallest absolute Gasteiger partial charge is 0.251 e. The molecule has 0 spiro atoms. The summed E-state index contributed by atoms with van der Waals surface area (Å²) < 4.78 is 7.81. The molecule has 0 radical (unpaired) electrons. The fourth-order valence-corrected chi connectivity index (χ4v) is 3.24. The molecule has 0 aromatic carbocycles. The number of piperazine rings is 1. The Morgan fingerprint density at radius 2 is 2.22 bits per heavy atom. The number of carbonyl (C=O) groups is 1. The van der Waals surface area contributed by atoms with Crippen molar-refractivity contribution in [2.45, 2.75) is 38.8 Å². The molecule has 0 N–H and O–H groups in total. The van der Waals surface area contributed by atoms with E-state index in [2.05, 4.69) is 16.8 Å². The fraction of sp³-hybridized carbons (Fsp3) is 0.765. The van der Waals surface area contributed by atoms with Gasteiger partial charge in [0.1, 0.15) is 11.9 Å². The number of nitrogens with zero attached hydrogens (tertiary/aromatic N) is 4. The lowest BCUT2D eigenvalue weighted by Gasteiger charge is -2.41. The van der Waals surface area contributed by atoms with Gasteiger partial charge in [0, 0.05) is 39.1 Å². The summed E-state index contributed by atoms with van der Waals surface area (Å²) in [6.07, 6.45) is 5.94. The minimum atomic E-state index is -0.342. The van der Waals surface area contributed by atoms with Crippen molar-refractivity contribution < 1.29 is 9.53 Å². The fourth-order valence-electron chi connectivity index (χ4n) is 3.24. The van der Waals surface area contributed by atoms with Crippen LogP contribution in [0.5, 0.6) is 0 Å². The molecule has 1 saturated carbocycles. The molecule has 128 valence electrons. The van der Waals surface area contributed by atoms with E-state index in [4.69, 9.17) is 4.74 Å². The maximum Gasteiger partial charge on any atom is 0.251 e. The molecule has 1 aromatic rings. The highest BCUT2D eigenvalue weighted by atomic mass is 16.5. The Morgan fingerprint density at radius 1 is 1.43 bits per heavy atom. The van der Waals surface area contributed by atoms with Crippen molar-refractivity contribution in [2.24, 2.45) is 13.0 Å². The SMILES string of the molecule is CCN1CCN(C(=O)[C@@H](C)OCC2CC2)C[C@H]1c1nccn1C. The molecule has 2 atom stereocenters. The van der Waals surface area contributed by atoms with Crippen LogP contribution in [0.1, 0.15) is 38.6 Å². The van der Waals surface area contributed by atoms with Gasteiger partial charge in [0.2, 0.25) is 0 Å². The van der Waals surface area contributed by atoms with Crippen LogP contribution in [0.2, 0.25) is 0 Å². The quantitative estimate of drug-likeness (QED) is 0.796. The number of aromatic nitrogens is 2. The number of rotatable bonds is 6. The summed E-state index contributed by atoms with van der Waals surface area (Å²) in [6, 6.07) is 0.160. The molecule has 0 unspecified atom stereocenters. The van der Waals surface area contributed by atoms with E-state index in [0.717, 1.165) is 32.1 Å². The third-order valence-corrected chi connectivity index (χ3v) is 4.99. The highest BCUT2D eigenvalue weighted by Gasteiger charge is 2.34. The topological polar surface area (TPSA) is 50.6 Å². The van der Waals surface area contributed by atoms with E-state index < -0.39 is 0 Å². The lowest BCUT2D eigenvalue weighted by atomic mass is 10.1. The van der Waals surface area contributed by atoms with Crippen molar-refractivity contribution in [3.05, 3.63) is 18.2 Å². The lowest BCUT2D eigenvalue weighted by molar-refractivity contribution is -0.146. The van der Waals surface area contributed by atoms with E-state index in [1.807, 2.05) is 35.8 Å². The lowest BCUT2D eigenvalue weighted by Crippen LogP contribution is -2.53. The van der Waals surface area contributed by atoms with E-state index in [1.165, 1.54) is 12.8 Å². The predicted molar refractivity (Wildman–Crippen MR) is 87.9 cm³/mol. The molecule has 6 nitrogen and oxygen atoms in total. The van der Waals surface area contributed by atoms with Gasteiger partial charge in [-0.15, -0.1) is 0 Å².